The molecule has 0 radical (unpaired) electrons. The van der Waals surface area contributed by atoms with Gasteiger partial charge in [0.25, 0.3) is 0 Å². The molecule has 0 atom stereocenters. The largest absolute Gasteiger partial charge is 0.491 e. The Morgan fingerprint density at radius 2 is 2.25 bits per heavy atom. The lowest BCUT2D eigenvalue weighted by Crippen LogP contribution is -2.21. The molecule has 16 heavy (non-hydrogen) atoms. The fraction of sp³-hybridized carbons (Fsp3) is 0.583. The molecule has 1 aromatic heterocycles. The maximum atomic E-state index is 9.13. The molecule has 0 spiro atoms. The van der Waals surface area contributed by atoms with Crippen molar-refractivity contribution in [3.05, 3.63) is 24.0 Å². The van der Waals surface area contributed by atoms with E-state index < -0.39 is 0 Å². The lowest BCUT2D eigenvalue weighted by Gasteiger charge is -2.22. The molecule has 1 saturated heterocycles. The van der Waals surface area contributed by atoms with Gasteiger partial charge in [-0.1, -0.05) is 0 Å². The summed E-state index contributed by atoms with van der Waals surface area (Å²) in [4.78, 5) is 4.00. The number of pyridine rings is 1. The number of hydrogen-bond acceptors (Lipinski definition) is 4. The lowest BCUT2D eigenvalue weighted by atomic mass is 10.0. The average Bonchev–Trinajstić information content (AvgIpc) is 2.38. The first kappa shape index (κ1) is 11.4. The summed E-state index contributed by atoms with van der Waals surface area (Å²) in [6.07, 6.45) is 5.42. The minimum absolute atomic E-state index is 0.00830. The zero-order valence-corrected chi connectivity index (χ0v) is 9.26. The van der Waals surface area contributed by atoms with Gasteiger partial charge in [0, 0.05) is 25.0 Å². The Labute approximate surface area is 95.2 Å². The van der Waals surface area contributed by atoms with Crippen LogP contribution in [0.2, 0.25) is 0 Å². The zero-order valence-electron chi connectivity index (χ0n) is 9.26. The number of aliphatic hydroxyl groups is 1. The van der Waals surface area contributed by atoms with Crippen molar-refractivity contribution in [1.82, 2.24) is 4.98 Å². The topological polar surface area (TPSA) is 51.6 Å². The van der Waals surface area contributed by atoms with Crippen LogP contribution >= 0.6 is 0 Å². The maximum Gasteiger partial charge on any atom is 0.143 e. The Morgan fingerprint density at radius 1 is 1.44 bits per heavy atom. The highest BCUT2D eigenvalue weighted by Crippen LogP contribution is 2.20. The van der Waals surface area contributed by atoms with Crippen LogP contribution in [0.15, 0.2) is 18.5 Å². The molecule has 0 bridgehead atoms. The minimum Gasteiger partial charge on any atom is -0.491 e. The average molecular weight is 223 g/mol. The van der Waals surface area contributed by atoms with Crippen LogP contribution in [-0.2, 0) is 11.3 Å². The Bertz CT molecular complexity index is 324. The molecule has 4 nitrogen and oxygen atoms in total. The highest BCUT2D eigenvalue weighted by atomic mass is 16.5. The van der Waals surface area contributed by atoms with E-state index in [1.54, 1.807) is 18.5 Å². The summed E-state index contributed by atoms with van der Waals surface area (Å²) in [5.74, 6) is 1.25. The first-order chi connectivity index (χ1) is 7.90. The fourth-order valence-corrected chi connectivity index (χ4v) is 1.79. The third-order valence-electron chi connectivity index (χ3n) is 2.86. The SMILES string of the molecule is OCc1ccncc1OCC1CCOCC1. The second-order valence-corrected chi connectivity index (χ2v) is 4.01. The van der Waals surface area contributed by atoms with Crippen molar-refractivity contribution >= 4 is 0 Å². The molecule has 1 aliphatic rings. The van der Waals surface area contributed by atoms with Gasteiger partial charge in [-0.15, -0.1) is 0 Å². The van der Waals surface area contributed by atoms with Gasteiger partial charge in [-0.05, 0) is 24.8 Å². The maximum absolute atomic E-state index is 9.13. The predicted molar refractivity (Wildman–Crippen MR) is 59.2 cm³/mol. The number of ether oxygens (including phenoxy) is 2. The molecule has 0 saturated carbocycles. The van der Waals surface area contributed by atoms with Crippen molar-refractivity contribution in [2.24, 2.45) is 5.92 Å². The predicted octanol–water partition coefficient (Wildman–Crippen LogP) is 1.38. The van der Waals surface area contributed by atoms with Gasteiger partial charge in [0.2, 0.25) is 0 Å². The summed E-state index contributed by atoms with van der Waals surface area (Å²) < 4.78 is 11.0. The van der Waals surface area contributed by atoms with Gasteiger partial charge in [-0.25, -0.2) is 0 Å². The van der Waals surface area contributed by atoms with Crippen molar-refractivity contribution in [3.63, 3.8) is 0 Å². The van der Waals surface area contributed by atoms with E-state index in [0.29, 0.717) is 18.3 Å². The van der Waals surface area contributed by atoms with Crippen molar-refractivity contribution in [3.8, 4) is 5.75 Å². The van der Waals surface area contributed by atoms with Crippen LogP contribution in [0.3, 0.4) is 0 Å². The van der Waals surface area contributed by atoms with E-state index >= 15 is 0 Å². The zero-order chi connectivity index (χ0) is 11.2. The van der Waals surface area contributed by atoms with Gasteiger partial charge in [0.05, 0.1) is 19.4 Å². The third kappa shape index (κ3) is 2.93. The molecule has 88 valence electrons. The Balaban J connectivity index is 1.88. The van der Waals surface area contributed by atoms with Gasteiger partial charge >= 0.3 is 0 Å². The molecular formula is C12H17NO3. The van der Waals surface area contributed by atoms with Gasteiger partial charge in [0.15, 0.2) is 0 Å². The summed E-state index contributed by atoms with van der Waals surface area (Å²) in [6.45, 7) is 2.33. The van der Waals surface area contributed by atoms with E-state index in [1.165, 1.54) is 0 Å². The number of aromatic nitrogens is 1. The van der Waals surface area contributed by atoms with Gasteiger partial charge in [-0.2, -0.15) is 0 Å². The summed E-state index contributed by atoms with van der Waals surface area (Å²) in [5.41, 5.74) is 0.794. The molecule has 1 aromatic rings. The normalized spacial score (nSPS) is 17.3. The number of rotatable bonds is 4. The van der Waals surface area contributed by atoms with Crippen LogP contribution in [0.5, 0.6) is 5.75 Å². The first-order valence-corrected chi connectivity index (χ1v) is 5.64. The smallest absolute Gasteiger partial charge is 0.143 e. The third-order valence-corrected chi connectivity index (χ3v) is 2.86. The van der Waals surface area contributed by atoms with Crippen LogP contribution in [0.1, 0.15) is 18.4 Å². The summed E-state index contributed by atoms with van der Waals surface area (Å²) in [5, 5.41) is 9.13. The lowest BCUT2D eigenvalue weighted by molar-refractivity contribution is 0.0493. The number of hydrogen-bond donors (Lipinski definition) is 1. The molecule has 1 fully saturated rings. The first-order valence-electron chi connectivity index (χ1n) is 5.64. The molecule has 1 N–H and O–H groups in total. The Morgan fingerprint density at radius 3 is 3.00 bits per heavy atom. The Kier molecular flexibility index (Phi) is 4.13. The van der Waals surface area contributed by atoms with Gasteiger partial charge in [0.1, 0.15) is 5.75 Å². The molecule has 4 heteroatoms. The Hall–Kier alpha value is -1.13. The summed E-state index contributed by atoms with van der Waals surface area (Å²) >= 11 is 0. The molecule has 0 amide bonds. The molecule has 0 unspecified atom stereocenters. The van der Waals surface area contributed by atoms with E-state index in [0.717, 1.165) is 31.6 Å². The van der Waals surface area contributed by atoms with Gasteiger partial charge < -0.3 is 14.6 Å². The van der Waals surface area contributed by atoms with Crippen molar-refractivity contribution in [2.75, 3.05) is 19.8 Å². The summed E-state index contributed by atoms with van der Waals surface area (Å²) in [7, 11) is 0. The molecule has 2 heterocycles. The van der Waals surface area contributed by atoms with Crippen LogP contribution in [0, 0.1) is 5.92 Å². The van der Waals surface area contributed by atoms with Crippen molar-refractivity contribution < 1.29 is 14.6 Å². The molecule has 0 aliphatic carbocycles. The highest BCUT2D eigenvalue weighted by molar-refractivity contribution is 5.28. The quantitative estimate of drug-likeness (QED) is 0.837. The summed E-state index contributed by atoms with van der Waals surface area (Å²) in [6, 6.07) is 1.78. The van der Waals surface area contributed by atoms with E-state index in [4.69, 9.17) is 14.6 Å². The van der Waals surface area contributed by atoms with Crippen LogP contribution in [0.25, 0.3) is 0 Å². The van der Waals surface area contributed by atoms with E-state index in [9.17, 15) is 0 Å². The second-order valence-electron chi connectivity index (χ2n) is 4.01. The monoisotopic (exact) mass is 223 g/mol. The molecule has 2 rings (SSSR count). The van der Waals surface area contributed by atoms with Crippen molar-refractivity contribution in [1.29, 1.82) is 0 Å². The van der Waals surface area contributed by atoms with Crippen LogP contribution < -0.4 is 4.74 Å². The van der Waals surface area contributed by atoms with Crippen LogP contribution in [0.4, 0.5) is 0 Å². The number of nitrogens with zero attached hydrogens (tertiary/aromatic N) is 1. The molecule has 1 aliphatic heterocycles. The standard InChI is InChI=1S/C12H17NO3/c14-8-11-1-4-13-7-12(11)16-9-10-2-5-15-6-3-10/h1,4,7,10,14H,2-3,5-6,8-9H2. The van der Waals surface area contributed by atoms with E-state index in [1.807, 2.05) is 0 Å². The number of aliphatic hydroxyl groups excluding tert-OH is 1. The van der Waals surface area contributed by atoms with Crippen molar-refractivity contribution in [2.45, 2.75) is 19.4 Å². The van der Waals surface area contributed by atoms with E-state index in [2.05, 4.69) is 4.98 Å². The fourth-order valence-electron chi connectivity index (χ4n) is 1.79. The van der Waals surface area contributed by atoms with Crippen LogP contribution in [-0.4, -0.2) is 29.9 Å². The van der Waals surface area contributed by atoms with Gasteiger partial charge in [-0.3, -0.25) is 4.98 Å². The highest BCUT2D eigenvalue weighted by Gasteiger charge is 2.15. The molecular weight excluding hydrogens is 206 g/mol. The molecule has 0 aromatic carbocycles. The van der Waals surface area contributed by atoms with E-state index in [-0.39, 0.29) is 6.61 Å². The minimum atomic E-state index is -0.00830. The second kappa shape index (κ2) is 5.82.